The van der Waals surface area contributed by atoms with Crippen LogP contribution in [-0.2, 0) is 13.1 Å². The summed E-state index contributed by atoms with van der Waals surface area (Å²) in [5.41, 5.74) is 9.34. The molecule has 1 aromatic rings. The molecule has 2 rings (SSSR count). The van der Waals surface area contributed by atoms with Gasteiger partial charge in [-0.15, -0.1) is 0 Å². The molecule has 0 saturated carbocycles. The summed E-state index contributed by atoms with van der Waals surface area (Å²) in [5.74, 6) is 0. The smallest absolute Gasteiger partial charge is 0.0241 e. The van der Waals surface area contributed by atoms with Gasteiger partial charge in [0, 0.05) is 25.7 Å². The van der Waals surface area contributed by atoms with Crippen LogP contribution in [0.15, 0.2) is 24.3 Å². The molecule has 1 aliphatic heterocycles. The molecule has 0 spiro atoms. The lowest BCUT2D eigenvalue weighted by atomic mass is 9.87. The standard InChI is InChI=1S/C14H22N2/c1-14(2,3)13(15)10-16-8-11-6-4-5-7-12(11)9-16/h4-7,13H,8-10,15H2,1-3H3. The van der Waals surface area contributed by atoms with Crippen LogP contribution in [0.4, 0.5) is 0 Å². The van der Waals surface area contributed by atoms with Crippen LogP contribution in [0.2, 0.25) is 0 Å². The van der Waals surface area contributed by atoms with Gasteiger partial charge in [-0.2, -0.15) is 0 Å². The molecule has 0 fully saturated rings. The SMILES string of the molecule is CC(C)(C)C(N)CN1Cc2ccccc2C1. The summed E-state index contributed by atoms with van der Waals surface area (Å²) in [7, 11) is 0. The van der Waals surface area contributed by atoms with E-state index < -0.39 is 0 Å². The fourth-order valence-electron chi connectivity index (χ4n) is 2.08. The van der Waals surface area contributed by atoms with Crippen LogP contribution in [0.5, 0.6) is 0 Å². The van der Waals surface area contributed by atoms with Crippen molar-refractivity contribution in [3.63, 3.8) is 0 Å². The highest BCUT2D eigenvalue weighted by Gasteiger charge is 2.26. The van der Waals surface area contributed by atoms with E-state index in [-0.39, 0.29) is 11.5 Å². The Morgan fingerprint density at radius 1 is 1.19 bits per heavy atom. The largest absolute Gasteiger partial charge is 0.326 e. The number of nitrogens with two attached hydrogens (primary N) is 1. The minimum Gasteiger partial charge on any atom is -0.326 e. The second-order valence-electron chi connectivity index (χ2n) is 5.91. The van der Waals surface area contributed by atoms with Gasteiger partial charge >= 0.3 is 0 Å². The van der Waals surface area contributed by atoms with Crippen molar-refractivity contribution in [2.45, 2.75) is 39.9 Å². The maximum absolute atomic E-state index is 6.22. The Kier molecular flexibility index (Phi) is 3.04. The summed E-state index contributed by atoms with van der Waals surface area (Å²) in [5, 5.41) is 0. The van der Waals surface area contributed by atoms with Crippen LogP contribution in [0, 0.1) is 5.41 Å². The third kappa shape index (κ3) is 2.45. The summed E-state index contributed by atoms with van der Waals surface area (Å²) >= 11 is 0. The summed E-state index contributed by atoms with van der Waals surface area (Å²) in [6.45, 7) is 9.72. The van der Waals surface area contributed by atoms with Crippen LogP contribution < -0.4 is 5.73 Å². The Morgan fingerprint density at radius 2 is 1.69 bits per heavy atom. The van der Waals surface area contributed by atoms with E-state index in [9.17, 15) is 0 Å². The van der Waals surface area contributed by atoms with E-state index in [4.69, 9.17) is 5.73 Å². The molecule has 16 heavy (non-hydrogen) atoms. The highest BCUT2D eigenvalue weighted by Crippen LogP contribution is 2.25. The average molecular weight is 218 g/mol. The van der Waals surface area contributed by atoms with Crippen molar-refractivity contribution in [1.82, 2.24) is 4.90 Å². The lowest BCUT2D eigenvalue weighted by molar-refractivity contribution is 0.201. The van der Waals surface area contributed by atoms with Gasteiger partial charge in [-0.05, 0) is 16.5 Å². The van der Waals surface area contributed by atoms with E-state index in [1.807, 2.05) is 0 Å². The van der Waals surface area contributed by atoms with Gasteiger partial charge in [-0.1, -0.05) is 45.0 Å². The minimum atomic E-state index is 0.189. The zero-order valence-electron chi connectivity index (χ0n) is 10.5. The number of hydrogen-bond donors (Lipinski definition) is 1. The summed E-state index contributed by atoms with van der Waals surface area (Å²) in [6, 6.07) is 8.91. The Morgan fingerprint density at radius 3 is 2.12 bits per heavy atom. The van der Waals surface area contributed by atoms with Crippen molar-refractivity contribution in [2.24, 2.45) is 11.1 Å². The van der Waals surface area contributed by atoms with E-state index in [2.05, 4.69) is 49.9 Å². The molecule has 0 saturated heterocycles. The number of benzene rings is 1. The molecule has 1 unspecified atom stereocenters. The predicted molar refractivity (Wildman–Crippen MR) is 68.0 cm³/mol. The zero-order chi connectivity index (χ0) is 11.8. The molecule has 1 heterocycles. The Bertz CT molecular complexity index is 340. The summed E-state index contributed by atoms with van der Waals surface area (Å²) in [4.78, 5) is 2.45. The minimum absolute atomic E-state index is 0.189. The van der Waals surface area contributed by atoms with Crippen molar-refractivity contribution in [3.05, 3.63) is 35.4 Å². The van der Waals surface area contributed by atoms with Gasteiger partial charge in [0.05, 0.1) is 0 Å². The highest BCUT2D eigenvalue weighted by atomic mass is 15.2. The van der Waals surface area contributed by atoms with Gasteiger partial charge in [0.2, 0.25) is 0 Å². The number of fused-ring (bicyclic) bond motifs is 1. The molecule has 0 bridgehead atoms. The third-order valence-corrected chi connectivity index (χ3v) is 3.47. The van der Waals surface area contributed by atoms with Gasteiger partial charge in [-0.25, -0.2) is 0 Å². The maximum atomic E-state index is 6.22. The molecule has 1 aliphatic rings. The second-order valence-corrected chi connectivity index (χ2v) is 5.91. The van der Waals surface area contributed by atoms with E-state index in [0.29, 0.717) is 0 Å². The van der Waals surface area contributed by atoms with Crippen LogP contribution in [0.25, 0.3) is 0 Å². The first-order chi connectivity index (χ1) is 7.47. The van der Waals surface area contributed by atoms with Crippen molar-refractivity contribution < 1.29 is 0 Å². The highest BCUT2D eigenvalue weighted by molar-refractivity contribution is 5.30. The molecule has 1 aromatic carbocycles. The topological polar surface area (TPSA) is 29.3 Å². The van der Waals surface area contributed by atoms with E-state index in [1.165, 1.54) is 11.1 Å². The molecule has 1 atom stereocenters. The predicted octanol–water partition coefficient (Wildman–Crippen LogP) is 2.38. The number of nitrogens with zero attached hydrogens (tertiary/aromatic N) is 1. The lowest BCUT2D eigenvalue weighted by Gasteiger charge is -2.30. The van der Waals surface area contributed by atoms with Crippen molar-refractivity contribution >= 4 is 0 Å². The first-order valence-corrected chi connectivity index (χ1v) is 6.01. The summed E-state index contributed by atoms with van der Waals surface area (Å²) in [6.07, 6.45) is 0. The van der Waals surface area contributed by atoms with Crippen LogP contribution >= 0.6 is 0 Å². The van der Waals surface area contributed by atoms with Gasteiger partial charge in [0.25, 0.3) is 0 Å². The normalized spacial score (nSPS) is 18.5. The first kappa shape index (κ1) is 11.6. The van der Waals surface area contributed by atoms with Crippen LogP contribution in [0.3, 0.4) is 0 Å². The number of rotatable bonds is 2. The fraction of sp³-hybridized carbons (Fsp3) is 0.571. The fourth-order valence-corrected chi connectivity index (χ4v) is 2.08. The molecule has 88 valence electrons. The van der Waals surface area contributed by atoms with Gasteiger partial charge in [0.15, 0.2) is 0 Å². The first-order valence-electron chi connectivity index (χ1n) is 6.01. The Balaban J connectivity index is 1.97. The molecular weight excluding hydrogens is 196 g/mol. The van der Waals surface area contributed by atoms with E-state index in [1.54, 1.807) is 0 Å². The quantitative estimate of drug-likeness (QED) is 0.826. The zero-order valence-corrected chi connectivity index (χ0v) is 10.5. The molecular formula is C14H22N2. The maximum Gasteiger partial charge on any atom is 0.0241 e. The van der Waals surface area contributed by atoms with Gasteiger partial charge < -0.3 is 5.73 Å². The molecule has 2 N–H and O–H groups in total. The molecule has 0 amide bonds. The van der Waals surface area contributed by atoms with Crippen molar-refractivity contribution in [1.29, 1.82) is 0 Å². The Labute approximate surface area is 98.4 Å². The van der Waals surface area contributed by atoms with Gasteiger partial charge in [0.1, 0.15) is 0 Å². The molecule has 2 nitrogen and oxygen atoms in total. The van der Waals surface area contributed by atoms with Crippen molar-refractivity contribution in [2.75, 3.05) is 6.54 Å². The van der Waals surface area contributed by atoms with E-state index in [0.717, 1.165) is 19.6 Å². The second kappa shape index (κ2) is 4.19. The molecule has 2 heteroatoms. The molecule has 0 aromatic heterocycles. The Hall–Kier alpha value is -0.860. The van der Waals surface area contributed by atoms with Crippen molar-refractivity contribution in [3.8, 4) is 0 Å². The van der Waals surface area contributed by atoms with Crippen LogP contribution in [0.1, 0.15) is 31.9 Å². The lowest BCUT2D eigenvalue weighted by Crippen LogP contribution is -2.43. The molecule has 0 radical (unpaired) electrons. The molecule has 0 aliphatic carbocycles. The van der Waals surface area contributed by atoms with Gasteiger partial charge in [-0.3, -0.25) is 4.90 Å². The van der Waals surface area contributed by atoms with Crippen LogP contribution in [-0.4, -0.2) is 17.5 Å². The van der Waals surface area contributed by atoms with E-state index >= 15 is 0 Å². The monoisotopic (exact) mass is 218 g/mol. The average Bonchev–Trinajstić information content (AvgIpc) is 2.58. The third-order valence-electron chi connectivity index (χ3n) is 3.47. The number of hydrogen-bond acceptors (Lipinski definition) is 2. The summed E-state index contributed by atoms with van der Waals surface area (Å²) < 4.78 is 0.